The van der Waals surface area contributed by atoms with Gasteiger partial charge in [-0.2, -0.15) is 0 Å². The van der Waals surface area contributed by atoms with Gasteiger partial charge in [0.15, 0.2) is 5.60 Å². The third-order valence-corrected chi connectivity index (χ3v) is 7.07. The molecule has 3 N–H and O–H groups in total. The molecule has 1 aromatic carbocycles. The van der Waals surface area contributed by atoms with Gasteiger partial charge < -0.3 is 20.5 Å². The lowest BCUT2D eigenvalue weighted by atomic mass is 9.47. The fourth-order valence-corrected chi connectivity index (χ4v) is 5.87. The quantitative estimate of drug-likeness (QED) is 0.786. The minimum absolute atomic E-state index is 0.107. The van der Waals surface area contributed by atoms with Crippen LogP contribution in [0.3, 0.4) is 0 Å². The summed E-state index contributed by atoms with van der Waals surface area (Å²) in [7, 11) is 1.61. The third-order valence-electron chi connectivity index (χ3n) is 7.07. The van der Waals surface area contributed by atoms with Crippen LogP contribution in [0.4, 0.5) is 0 Å². The van der Waals surface area contributed by atoms with E-state index in [2.05, 4.69) is 5.32 Å². The van der Waals surface area contributed by atoms with Crippen molar-refractivity contribution in [3.05, 3.63) is 24.3 Å². The van der Waals surface area contributed by atoms with Crippen LogP contribution >= 0.6 is 0 Å². The summed E-state index contributed by atoms with van der Waals surface area (Å²) in [6.07, 6.45) is 4.70. The molecule has 5 atom stereocenters. The van der Waals surface area contributed by atoms with Crippen molar-refractivity contribution in [1.29, 1.82) is 0 Å². The predicted octanol–water partition coefficient (Wildman–Crippen LogP) is 2.65. The van der Waals surface area contributed by atoms with Crippen LogP contribution in [0.1, 0.15) is 46.0 Å². The maximum atomic E-state index is 13.0. The lowest BCUT2D eigenvalue weighted by Crippen LogP contribution is -2.63. The second kappa shape index (κ2) is 6.68. The number of amides is 2. The zero-order valence-corrected chi connectivity index (χ0v) is 16.9. The van der Waals surface area contributed by atoms with Gasteiger partial charge in [0.25, 0.3) is 5.91 Å². The maximum absolute atomic E-state index is 13.0. The van der Waals surface area contributed by atoms with Crippen molar-refractivity contribution in [2.75, 3.05) is 7.11 Å². The van der Waals surface area contributed by atoms with Crippen molar-refractivity contribution in [2.24, 2.45) is 28.9 Å². The Kier molecular flexibility index (Phi) is 4.55. The molecule has 4 aliphatic rings. The number of nitrogens with one attached hydrogen (secondary N) is 1. The van der Waals surface area contributed by atoms with E-state index in [0.29, 0.717) is 23.5 Å². The molecular formula is C22H30N2O4. The van der Waals surface area contributed by atoms with E-state index in [1.807, 2.05) is 12.1 Å². The van der Waals surface area contributed by atoms with E-state index in [0.717, 1.165) is 37.9 Å². The number of carbonyl (C=O) groups is 2. The molecule has 0 radical (unpaired) electrons. The molecule has 4 aliphatic carbocycles. The summed E-state index contributed by atoms with van der Waals surface area (Å²) in [5.74, 6) is 2.33. The van der Waals surface area contributed by atoms with Crippen LogP contribution in [-0.4, -0.2) is 30.6 Å². The first-order valence-corrected chi connectivity index (χ1v) is 10.2. The van der Waals surface area contributed by atoms with E-state index in [1.54, 1.807) is 33.1 Å². The molecule has 4 bridgehead atoms. The van der Waals surface area contributed by atoms with Gasteiger partial charge in [0.2, 0.25) is 5.91 Å². The van der Waals surface area contributed by atoms with Crippen molar-refractivity contribution < 1.29 is 19.1 Å². The lowest BCUT2D eigenvalue weighted by Gasteiger charge is -2.59. The average Bonchev–Trinajstić information content (AvgIpc) is 2.64. The van der Waals surface area contributed by atoms with Crippen LogP contribution in [0, 0.1) is 23.2 Å². The van der Waals surface area contributed by atoms with E-state index in [-0.39, 0.29) is 23.3 Å². The maximum Gasteiger partial charge on any atom is 0.263 e. The topological polar surface area (TPSA) is 90.7 Å². The fourth-order valence-electron chi connectivity index (χ4n) is 5.87. The standard InChI is InChI=1S/C22H30N2O4/c1-21(2,28-17-6-4-16(27-3)5-7-17)20(26)24-18-14-8-13-9-15(18)12-22(10-13,11-14)19(23)25/h4-7,13-15,18H,8-12H2,1-3H3,(H2,23,25)(H,24,26)/t13?,14-,15?,18?,22?/m1/s1. The molecule has 0 saturated heterocycles. The Morgan fingerprint density at radius 1 is 1.07 bits per heavy atom. The van der Waals surface area contributed by atoms with E-state index in [4.69, 9.17) is 15.2 Å². The highest BCUT2D eigenvalue weighted by Crippen LogP contribution is 2.59. The van der Waals surface area contributed by atoms with Crippen LogP contribution in [0.25, 0.3) is 0 Å². The number of hydrogen-bond donors (Lipinski definition) is 2. The van der Waals surface area contributed by atoms with Gasteiger partial charge in [0, 0.05) is 11.5 Å². The van der Waals surface area contributed by atoms with Gasteiger partial charge in [-0.3, -0.25) is 9.59 Å². The van der Waals surface area contributed by atoms with Crippen molar-refractivity contribution in [2.45, 2.75) is 57.6 Å². The van der Waals surface area contributed by atoms with Crippen LogP contribution in [0.5, 0.6) is 11.5 Å². The van der Waals surface area contributed by atoms with Gasteiger partial charge in [-0.25, -0.2) is 0 Å². The van der Waals surface area contributed by atoms with Crippen LogP contribution < -0.4 is 20.5 Å². The molecule has 0 aliphatic heterocycles. The number of hydrogen-bond acceptors (Lipinski definition) is 4. The second-order valence-electron chi connectivity index (χ2n) is 9.40. The van der Waals surface area contributed by atoms with Gasteiger partial charge in [0.05, 0.1) is 7.11 Å². The molecule has 28 heavy (non-hydrogen) atoms. The lowest BCUT2D eigenvalue weighted by molar-refractivity contribution is -0.150. The molecule has 1 aromatic rings. The van der Waals surface area contributed by atoms with Crippen molar-refractivity contribution >= 4 is 11.8 Å². The van der Waals surface area contributed by atoms with Crippen LogP contribution in [0.2, 0.25) is 0 Å². The summed E-state index contributed by atoms with van der Waals surface area (Å²) in [6.45, 7) is 3.57. The number of carbonyl (C=O) groups excluding carboxylic acids is 2. The number of rotatable bonds is 6. The van der Waals surface area contributed by atoms with E-state index >= 15 is 0 Å². The van der Waals surface area contributed by atoms with Crippen LogP contribution in [0.15, 0.2) is 24.3 Å². The first kappa shape index (κ1) is 19.1. The van der Waals surface area contributed by atoms with Gasteiger partial charge in [-0.1, -0.05) is 0 Å². The molecule has 6 nitrogen and oxygen atoms in total. The normalized spacial score (nSPS) is 33.4. The van der Waals surface area contributed by atoms with Gasteiger partial charge >= 0.3 is 0 Å². The summed E-state index contributed by atoms with van der Waals surface area (Å²) in [4.78, 5) is 25.1. The average molecular weight is 386 g/mol. The molecule has 4 unspecified atom stereocenters. The SMILES string of the molecule is COc1ccc(OC(C)(C)C(=O)NC2C3CC4C[C@@H]2CC(C(N)=O)(C4)C3)cc1. The molecule has 4 fully saturated rings. The molecule has 0 aromatic heterocycles. The number of benzene rings is 1. The number of nitrogens with two attached hydrogens (primary N) is 1. The highest BCUT2D eigenvalue weighted by Gasteiger charge is 2.58. The van der Waals surface area contributed by atoms with Crippen molar-refractivity contribution in [3.63, 3.8) is 0 Å². The number of ether oxygens (including phenoxy) is 2. The molecule has 152 valence electrons. The Morgan fingerprint density at radius 3 is 2.18 bits per heavy atom. The van der Waals surface area contributed by atoms with E-state index < -0.39 is 5.60 Å². The van der Waals surface area contributed by atoms with Gasteiger partial charge in [-0.05, 0) is 88.0 Å². The Hall–Kier alpha value is -2.24. The largest absolute Gasteiger partial charge is 0.497 e. The zero-order chi connectivity index (χ0) is 20.1. The third kappa shape index (κ3) is 3.23. The second-order valence-corrected chi connectivity index (χ2v) is 9.40. The highest BCUT2D eigenvalue weighted by atomic mass is 16.5. The zero-order valence-electron chi connectivity index (χ0n) is 16.9. The van der Waals surface area contributed by atoms with Crippen molar-refractivity contribution in [3.8, 4) is 11.5 Å². The molecule has 5 rings (SSSR count). The Morgan fingerprint density at radius 2 is 1.64 bits per heavy atom. The highest BCUT2D eigenvalue weighted by molar-refractivity contribution is 5.85. The Bertz CT molecular complexity index is 757. The molecule has 0 heterocycles. The minimum atomic E-state index is -0.995. The first-order valence-electron chi connectivity index (χ1n) is 10.2. The molecular weight excluding hydrogens is 356 g/mol. The van der Waals surface area contributed by atoms with E-state index in [1.165, 1.54) is 0 Å². The summed E-state index contributed by atoms with van der Waals surface area (Å²) >= 11 is 0. The van der Waals surface area contributed by atoms with Gasteiger partial charge in [0.1, 0.15) is 11.5 Å². The number of methoxy groups -OCH3 is 1. The molecule has 4 saturated carbocycles. The predicted molar refractivity (Wildman–Crippen MR) is 105 cm³/mol. The Balaban J connectivity index is 1.44. The molecule has 2 amide bonds. The Labute approximate surface area is 166 Å². The van der Waals surface area contributed by atoms with Gasteiger partial charge in [-0.15, -0.1) is 0 Å². The number of primary amides is 1. The van der Waals surface area contributed by atoms with Crippen LogP contribution in [-0.2, 0) is 9.59 Å². The minimum Gasteiger partial charge on any atom is -0.497 e. The fraction of sp³-hybridized carbons (Fsp3) is 0.636. The summed E-state index contributed by atoms with van der Waals surface area (Å²) in [6, 6.07) is 7.32. The monoisotopic (exact) mass is 386 g/mol. The molecule has 0 spiro atoms. The van der Waals surface area contributed by atoms with Crippen molar-refractivity contribution in [1.82, 2.24) is 5.32 Å². The summed E-state index contributed by atoms with van der Waals surface area (Å²) in [5.41, 5.74) is 4.42. The smallest absolute Gasteiger partial charge is 0.263 e. The summed E-state index contributed by atoms with van der Waals surface area (Å²) < 4.78 is 11.1. The molecule has 6 heteroatoms. The van der Waals surface area contributed by atoms with E-state index in [9.17, 15) is 9.59 Å². The summed E-state index contributed by atoms with van der Waals surface area (Å²) in [5, 5.41) is 3.26. The first-order chi connectivity index (χ1) is 13.2.